The Morgan fingerprint density at radius 1 is 1.35 bits per heavy atom. The molecule has 0 aromatic carbocycles. The predicted octanol–water partition coefficient (Wildman–Crippen LogP) is 2.91. The van der Waals surface area contributed by atoms with Crippen LogP contribution < -0.4 is 11.1 Å². The van der Waals surface area contributed by atoms with Crippen molar-refractivity contribution in [1.82, 2.24) is 15.3 Å². The van der Waals surface area contributed by atoms with Crippen LogP contribution in [0.5, 0.6) is 0 Å². The van der Waals surface area contributed by atoms with Crippen molar-refractivity contribution in [3.05, 3.63) is 10.4 Å². The lowest BCUT2D eigenvalue weighted by molar-refractivity contribution is -0.120. The number of aryl methyl sites for hydroxylation is 2. The molecule has 1 amide bonds. The molecule has 0 saturated heterocycles. The van der Waals surface area contributed by atoms with E-state index in [0.717, 1.165) is 35.9 Å². The third-order valence-corrected chi connectivity index (χ3v) is 6.54. The highest BCUT2D eigenvalue weighted by Gasteiger charge is 2.27. The van der Waals surface area contributed by atoms with Crippen molar-refractivity contribution in [2.75, 3.05) is 5.73 Å². The predicted molar refractivity (Wildman–Crippen MR) is 95.0 cm³/mol. The van der Waals surface area contributed by atoms with E-state index in [9.17, 15) is 4.79 Å². The standard InChI is InChI=1S/C16H20N4OS2/c1-8(14(21)18-9-6-7-9)22-16-19-13(17)12-10-4-2-3-5-11(10)23-15(12)20-16/h8-9H,2-7H2,1H3,(H,18,21)(H2,17,19,20). The molecule has 1 saturated carbocycles. The first kappa shape index (κ1) is 15.2. The molecular formula is C16H20N4OS2. The molecule has 2 heterocycles. The summed E-state index contributed by atoms with van der Waals surface area (Å²) < 4.78 is 0. The van der Waals surface area contributed by atoms with Crippen LogP contribution in [0.3, 0.4) is 0 Å². The van der Waals surface area contributed by atoms with Crippen LogP contribution in [0.4, 0.5) is 5.82 Å². The molecule has 1 unspecified atom stereocenters. The second-order valence-corrected chi connectivity index (χ2v) is 8.72. The highest BCUT2D eigenvalue weighted by Crippen LogP contribution is 2.38. The SMILES string of the molecule is CC(Sc1nc(N)c2c3c(sc2n1)CCCC3)C(=O)NC1CC1. The zero-order valence-electron chi connectivity index (χ0n) is 13.1. The van der Waals surface area contributed by atoms with Crippen LogP contribution in [-0.4, -0.2) is 27.2 Å². The third-order valence-electron chi connectivity index (χ3n) is 4.40. The normalized spacial score (nSPS) is 18.7. The molecule has 5 nitrogen and oxygen atoms in total. The minimum atomic E-state index is -0.206. The van der Waals surface area contributed by atoms with Crippen LogP contribution in [0, 0.1) is 0 Å². The number of hydrogen-bond donors (Lipinski definition) is 2. The highest BCUT2D eigenvalue weighted by molar-refractivity contribution is 8.00. The number of carbonyl (C=O) groups is 1. The van der Waals surface area contributed by atoms with Crippen LogP contribution in [0.25, 0.3) is 10.2 Å². The number of nitrogens with two attached hydrogens (primary N) is 1. The molecule has 4 rings (SSSR count). The average molecular weight is 348 g/mol. The van der Waals surface area contributed by atoms with Gasteiger partial charge < -0.3 is 11.1 Å². The number of nitrogens with one attached hydrogen (secondary N) is 1. The summed E-state index contributed by atoms with van der Waals surface area (Å²) in [7, 11) is 0. The summed E-state index contributed by atoms with van der Waals surface area (Å²) in [4.78, 5) is 23.6. The van der Waals surface area contributed by atoms with Gasteiger partial charge in [-0.3, -0.25) is 4.79 Å². The molecule has 1 fully saturated rings. The fourth-order valence-electron chi connectivity index (χ4n) is 2.98. The smallest absolute Gasteiger partial charge is 0.233 e. The highest BCUT2D eigenvalue weighted by atomic mass is 32.2. The first-order valence-corrected chi connectivity index (χ1v) is 9.86. The van der Waals surface area contributed by atoms with Crippen molar-refractivity contribution in [3.8, 4) is 0 Å². The van der Waals surface area contributed by atoms with Gasteiger partial charge in [-0.1, -0.05) is 11.8 Å². The van der Waals surface area contributed by atoms with Gasteiger partial charge in [-0.15, -0.1) is 11.3 Å². The molecule has 2 aromatic heterocycles. The summed E-state index contributed by atoms with van der Waals surface area (Å²) in [6, 6.07) is 0.378. The van der Waals surface area contributed by atoms with Crippen molar-refractivity contribution in [1.29, 1.82) is 0 Å². The maximum atomic E-state index is 12.1. The summed E-state index contributed by atoms with van der Waals surface area (Å²) in [5.41, 5.74) is 7.56. The Morgan fingerprint density at radius 3 is 2.91 bits per heavy atom. The Labute approximate surface area is 143 Å². The molecular weight excluding hydrogens is 328 g/mol. The molecule has 3 N–H and O–H groups in total. The lowest BCUT2D eigenvalue weighted by Crippen LogP contribution is -2.32. The topological polar surface area (TPSA) is 80.9 Å². The van der Waals surface area contributed by atoms with Gasteiger partial charge in [0, 0.05) is 10.9 Å². The number of rotatable bonds is 4. The van der Waals surface area contributed by atoms with E-state index in [0.29, 0.717) is 17.0 Å². The molecule has 2 aromatic rings. The molecule has 0 bridgehead atoms. The minimum absolute atomic E-state index is 0.0604. The Morgan fingerprint density at radius 2 is 2.13 bits per heavy atom. The van der Waals surface area contributed by atoms with Gasteiger partial charge in [0.1, 0.15) is 10.6 Å². The van der Waals surface area contributed by atoms with Gasteiger partial charge >= 0.3 is 0 Å². The Hall–Kier alpha value is -1.34. The molecule has 1 atom stereocenters. The summed E-state index contributed by atoms with van der Waals surface area (Å²) in [6.07, 6.45) is 6.85. The number of fused-ring (bicyclic) bond motifs is 3. The molecule has 0 radical (unpaired) electrons. The first-order valence-electron chi connectivity index (χ1n) is 8.16. The number of hydrogen-bond acceptors (Lipinski definition) is 6. The van der Waals surface area contributed by atoms with E-state index in [-0.39, 0.29) is 11.2 Å². The van der Waals surface area contributed by atoms with E-state index in [4.69, 9.17) is 5.73 Å². The number of anilines is 1. The van der Waals surface area contributed by atoms with Crippen LogP contribution in [0.15, 0.2) is 5.16 Å². The molecule has 0 spiro atoms. The maximum Gasteiger partial charge on any atom is 0.233 e. The number of thioether (sulfide) groups is 1. The van der Waals surface area contributed by atoms with E-state index in [2.05, 4.69) is 15.3 Å². The average Bonchev–Trinajstić information content (AvgIpc) is 3.24. The molecule has 23 heavy (non-hydrogen) atoms. The molecule has 2 aliphatic rings. The monoisotopic (exact) mass is 348 g/mol. The largest absolute Gasteiger partial charge is 0.383 e. The maximum absolute atomic E-state index is 12.1. The van der Waals surface area contributed by atoms with Crippen molar-refractivity contribution >= 4 is 45.0 Å². The first-order chi connectivity index (χ1) is 11.1. The van der Waals surface area contributed by atoms with Gasteiger partial charge in [-0.05, 0) is 51.0 Å². The van der Waals surface area contributed by atoms with Gasteiger partial charge in [0.2, 0.25) is 5.91 Å². The van der Waals surface area contributed by atoms with Gasteiger partial charge in [-0.25, -0.2) is 9.97 Å². The number of amides is 1. The van der Waals surface area contributed by atoms with Gasteiger partial charge in [-0.2, -0.15) is 0 Å². The minimum Gasteiger partial charge on any atom is -0.383 e. The van der Waals surface area contributed by atoms with Crippen molar-refractivity contribution in [2.45, 2.75) is 61.9 Å². The Kier molecular flexibility index (Phi) is 3.93. The lowest BCUT2D eigenvalue weighted by atomic mass is 9.97. The lowest BCUT2D eigenvalue weighted by Gasteiger charge is -2.12. The summed E-state index contributed by atoms with van der Waals surface area (Å²) in [5, 5.41) is 4.46. The molecule has 2 aliphatic carbocycles. The summed E-state index contributed by atoms with van der Waals surface area (Å²) in [6.45, 7) is 1.89. The fraction of sp³-hybridized carbons (Fsp3) is 0.562. The second kappa shape index (κ2) is 5.94. The quantitative estimate of drug-likeness (QED) is 0.656. The second-order valence-electron chi connectivity index (χ2n) is 6.33. The van der Waals surface area contributed by atoms with E-state index in [1.165, 1.54) is 35.0 Å². The van der Waals surface area contributed by atoms with Crippen molar-refractivity contribution in [3.63, 3.8) is 0 Å². The number of nitrogens with zero attached hydrogens (tertiary/aromatic N) is 2. The summed E-state index contributed by atoms with van der Waals surface area (Å²) in [5.74, 6) is 0.622. The molecule has 0 aliphatic heterocycles. The van der Waals surface area contributed by atoms with Gasteiger partial charge in [0.15, 0.2) is 5.16 Å². The van der Waals surface area contributed by atoms with E-state index < -0.39 is 0 Å². The number of carbonyl (C=O) groups excluding carboxylic acids is 1. The van der Waals surface area contributed by atoms with E-state index >= 15 is 0 Å². The fourth-order valence-corrected chi connectivity index (χ4v) is 5.09. The van der Waals surface area contributed by atoms with Crippen LogP contribution in [-0.2, 0) is 17.6 Å². The summed E-state index contributed by atoms with van der Waals surface area (Å²) >= 11 is 3.13. The number of aromatic nitrogens is 2. The third kappa shape index (κ3) is 3.04. The van der Waals surface area contributed by atoms with Crippen LogP contribution in [0.1, 0.15) is 43.0 Å². The zero-order valence-corrected chi connectivity index (χ0v) is 14.7. The van der Waals surface area contributed by atoms with E-state index in [1.807, 2.05) is 6.92 Å². The Bertz CT molecular complexity index is 769. The van der Waals surface area contributed by atoms with Gasteiger partial charge in [0.25, 0.3) is 0 Å². The van der Waals surface area contributed by atoms with Crippen molar-refractivity contribution < 1.29 is 4.79 Å². The number of nitrogen functional groups attached to an aromatic ring is 1. The molecule has 122 valence electrons. The molecule has 7 heteroatoms. The van der Waals surface area contributed by atoms with Gasteiger partial charge in [0.05, 0.1) is 10.6 Å². The van der Waals surface area contributed by atoms with Crippen LogP contribution >= 0.6 is 23.1 Å². The van der Waals surface area contributed by atoms with Crippen LogP contribution in [0.2, 0.25) is 0 Å². The Balaban J connectivity index is 1.59. The van der Waals surface area contributed by atoms with Crippen molar-refractivity contribution in [2.24, 2.45) is 0 Å². The number of thiophene rings is 1. The van der Waals surface area contributed by atoms with E-state index in [1.54, 1.807) is 11.3 Å². The zero-order chi connectivity index (χ0) is 16.0.